The van der Waals surface area contributed by atoms with Gasteiger partial charge in [0.15, 0.2) is 0 Å². The van der Waals surface area contributed by atoms with E-state index in [0.29, 0.717) is 10.6 Å². The molecule has 0 amide bonds. The summed E-state index contributed by atoms with van der Waals surface area (Å²) in [5.41, 5.74) is 1.28. The molecule has 0 spiro atoms. The van der Waals surface area contributed by atoms with Crippen LogP contribution in [-0.4, -0.2) is 19.3 Å². The zero-order valence-electron chi connectivity index (χ0n) is 8.87. The molecule has 1 heterocycles. The van der Waals surface area contributed by atoms with E-state index in [1.54, 1.807) is 6.07 Å². The van der Waals surface area contributed by atoms with Crippen molar-refractivity contribution in [2.75, 3.05) is 18.5 Å². The van der Waals surface area contributed by atoms with E-state index in [4.69, 9.17) is 21.6 Å². The van der Waals surface area contributed by atoms with Gasteiger partial charge in [-0.15, -0.1) is 0 Å². The highest BCUT2D eigenvalue weighted by Gasteiger charge is 2.15. The zero-order chi connectivity index (χ0) is 11.4. The van der Waals surface area contributed by atoms with Crippen LogP contribution in [0.4, 0.5) is 5.69 Å². The normalized spacial score (nSPS) is 19.4. The molecule has 0 bridgehead atoms. The fourth-order valence-electron chi connectivity index (χ4n) is 1.81. The minimum Gasteiger partial charge on any atom is -0.381 e. The number of hydrogen-bond acceptors (Lipinski definition) is 3. The summed E-state index contributed by atoms with van der Waals surface area (Å²) in [5, 5.41) is 12.7. The summed E-state index contributed by atoms with van der Waals surface area (Å²) < 4.78 is 5.50. The second-order valence-electron chi connectivity index (χ2n) is 3.79. The predicted molar refractivity (Wildman–Crippen MR) is 63.6 cm³/mol. The van der Waals surface area contributed by atoms with Gasteiger partial charge >= 0.3 is 0 Å². The molecule has 1 aromatic carbocycles. The van der Waals surface area contributed by atoms with E-state index in [1.165, 1.54) is 0 Å². The van der Waals surface area contributed by atoms with E-state index in [2.05, 4.69) is 11.4 Å². The van der Waals surface area contributed by atoms with Crippen molar-refractivity contribution in [3.05, 3.63) is 28.8 Å². The third-order valence-corrected chi connectivity index (χ3v) is 2.98. The van der Waals surface area contributed by atoms with Gasteiger partial charge in [0.2, 0.25) is 0 Å². The Hall–Kier alpha value is -1.24. The van der Waals surface area contributed by atoms with Gasteiger partial charge in [-0.25, -0.2) is 0 Å². The second-order valence-corrected chi connectivity index (χ2v) is 4.20. The van der Waals surface area contributed by atoms with Crippen LogP contribution in [0.25, 0.3) is 0 Å². The molecule has 1 N–H and O–H groups in total. The Morgan fingerprint density at radius 2 is 2.44 bits per heavy atom. The molecule has 1 atom stereocenters. The minimum absolute atomic E-state index is 0.255. The number of ether oxygens (including phenoxy) is 1. The number of anilines is 1. The summed E-state index contributed by atoms with van der Waals surface area (Å²) in [6, 6.07) is 7.52. The van der Waals surface area contributed by atoms with Crippen molar-refractivity contribution in [3.8, 4) is 6.07 Å². The molecule has 4 heteroatoms. The lowest BCUT2D eigenvalue weighted by molar-refractivity contribution is 0.120. The smallest absolute Gasteiger partial charge is 0.103 e. The molecule has 1 unspecified atom stereocenters. The van der Waals surface area contributed by atoms with Gasteiger partial charge in [0.25, 0.3) is 0 Å². The molecule has 1 fully saturated rings. The molecule has 1 aromatic rings. The first-order valence-electron chi connectivity index (χ1n) is 5.35. The molecule has 2 rings (SSSR count). The lowest BCUT2D eigenvalue weighted by atomic mass is 10.2. The van der Waals surface area contributed by atoms with E-state index >= 15 is 0 Å². The first-order valence-corrected chi connectivity index (χ1v) is 5.73. The topological polar surface area (TPSA) is 45.0 Å². The quantitative estimate of drug-likeness (QED) is 0.878. The van der Waals surface area contributed by atoms with Crippen molar-refractivity contribution in [3.63, 3.8) is 0 Å². The zero-order valence-corrected chi connectivity index (χ0v) is 9.63. The average molecular weight is 237 g/mol. The SMILES string of the molecule is N#Cc1c(Cl)cccc1NCC1CCCO1. The van der Waals surface area contributed by atoms with Crippen molar-refractivity contribution in [2.45, 2.75) is 18.9 Å². The fraction of sp³-hybridized carbons (Fsp3) is 0.417. The third-order valence-electron chi connectivity index (χ3n) is 2.67. The Bertz CT molecular complexity index is 408. The van der Waals surface area contributed by atoms with Crippen LogP contribution in [0.3, 0.4) is 0 Å². The summed E-state index contributed by atoms with van der Waals surface area (Å²) in [7, 11) is 0. The molecule has 0 saturated carbocycles. The van der Waals surface area contributed by atoms with Crippen LogP contribution in [0.15, 0.2) is 18.2 Å². The van der Waals surface area contributed by atoms with Crippen LogP contribution in [0.5, 0.6) is 0 Å². The van der Waals surface area contributed by atoms with Gasteiger partial charge in [-0.2, -0.15) is 5.26 Å². The first-order chi connectivity index (χ1) is 7.81. The molecule has 1 saturated heterocycles. The van der Waals surface area contributed by atoms with Crippen molar-refractivity contribution in [1.29, 1.82) is 5.26 Å². The summed E-state index contributed by atoms with van der Waals surface area (Å²) in [6.45, 7) is 1.57. The summed E-state index contributed by atoms with van der Waals surface area (Å²) in [4.78, 5) is 0. The molecule has 1 aliphatic heterocycles. The maximum atomic E-state index is 8.99. The number of nitrogens with zero attached hydrogens (tertiary/aromatic N) is 1. The maximum Gasteiger partial charge on any atom is 0.103 e. The maximum absolute atomic E-state index is 8.99. The van der Waals surface area contributed by atoms with Crippen LogP contribution in [0.2, 0.25) is 5.02 Å². The Morgan fingerprint density at radius 3 is 3.12 bits per heavy atom. The van der Waals surface area contributed by atoms with E-state index in [9.17, 15) is 0 Å². The lowest BCUT2D eigenvalue weighted by Gasteiger charge is -2.13. The predicted octanol–water partition coefficient (Wildman–Crippen LogP) is 2.80. The molecular formula is C12H13ClN2O. The molecule has 0 aliphatic carbocycles. The number of nitriles is 1. The fourth-order valence-corrected chi connectivity index (χ4v) is 2.03. The summed E-state index contributed by atoms with van der Waals surface area (Å²) >= 11 is 5.93. The molecule has 16 heavy (non-hydrogen) atoms. The van der Waals surface area contributed by atoms with Crippen molar-refractivity contribution in [2.24, 2.45) is 0 Å². The molecule has 0 aromatic heterocycles. The van der Waals surface area contributed by atoms with E-state index < -0.39 is 0 Å². The van der Waals surface area contributed by atoms with Crippen LogP contribution in [0.1, 0.15) is 18.4 Å². The first kappa shape index (κ1) is 11.3. The Labute approximate surface area is 100.0 Å². The van der Waals surface area contributed by atoms with Crippen LogP contribution in [-0.2, 0) is 4.74 Å². The Morgan fingerprint density at radius 1 is 1.56 bits per heavy atom. The van der Waals surface area contributed by atoms with E-state index in [-0.39, 0.29) is 6.10 Å². The molecule has 0 radical (unpaired) electrons. The highest BCUT2D eigenvalue weighted by molar-refractivity contribution is 6.32. The third kappa shape index (κ3) is 2.46. The minimum atomic E-state index is 0.255. The Kier molecular flexibility index (Phi) is 3.66. The number of halogens is 1. The average Bonchev–Trinajstić information content (AvgIpc) is 2.79. The van der Waals surface area contributed by atoms with Gasteiger partial charge in [-0.1, -0.05) is 17.7 Å². The standard InChI is InChI=1S/C12H13ClN2O/c13-11-4-1-5-12(10(11)7-14)15-8-9-3-2-6-16-9/h1,4-5,9,15H,2-3,6,8H2. The van der Waals surface area contributed by atoms with Gasteiger partial charge in [0.1, 0.15) is 6.07 Å². The highest BCUT2D eigenvalue weighted by atomic mass is 35.5. The molecule has 3 nitrogen and oxygen atoms in total. The van der Waals surface area contributed by atoms with Gasteiger partial charge in [0.05, 0.1) is 22.4 Å². The lowest BCUT2D eigenvalue weighted by Crippen LogP contribution is -2.18. The number of nitrogens with one attached hydrogen (secondary N) is 1. The van der Waals surface area contributed by atoms with E-state index in [0.717, 1.165) is 31.7 Å². The van der Waals surface area contributed by atoms with Crippen LogP contribution < -0.4 is 5.32 Å². The number of hydrogen-bond donors (Lipinski definition) is 1. The largest absolute Gasteiger partial charge is 0.381 e. The number of rotatable bonds is 3. The summed E-state index contributed by atoms with van der Waals surface area (Å²) in [6.07, 6.45) is 2.45. The van der Waals surface area contributed by atoms with Crippen molar-refractivity contribution in [1.82, 2.24) is 0 Å². The van der Waals surface area contributed by atoms with Crippen molar-refractivity contribution >= 4 is 17.3 Å². The molecule has 1 aliphatic rings. The van der Waals surface area contributed by atoms with Gasteiger partial charge in [-0.3, -0.25) is 0 Å². The second kappa shape index (κ2) is 5.20. The number of benzene rings is 1. The highest BCUT2D eigenvalue weighted by Crippen LogP contribution is 2.23. The van der Waals surface area contributed by atoms with Crippen LogP contribution >= 0.6 is 11.6 Å². The van der Waals surface area contributed by atoms with Gasteiger partial charge in [0, 0.05) is 13.2 Å². The van der Waals surface area contributed by atoms with Crippen LogP contribution in [0, 0.1) is 11.3 Å². The van der Waals surface area contributed by atoms with Crippen molar-refractivity contribution < 1.29 is 4.74 Å². The van der Waals surface area contributed by atoms with E-state index in [1.807, 2.05) is 12.1 Å². The summed E-state index contributed by atoms with van der Waals surface area (Å²) in [5.74, 6) is 0. The van der Waals surface area contributed by atoms with Gasteiger partial charge in [-0.05, 0) is 25.0 Å². The molecular weight excluding hydrogens is 224 g/mol. The van der Waals surface area contributed by atoms with Gasteiger partial charge < -0.3 is 10.1 Å². The molecule has 84 valence electrons. The Balaban J connectivity index is 2.03. The monoisotopic (exact) mass is 236 g/mol.